The summed E-state index contributed by atoms with van der Waals surface area (Å²) in [6.45, 7) is 2.04. The number of nitrogens with one attached hydrogen (secondary N) is 1. The number of hydrogen-bond donors (Lipinski definition) is 1. The second-order valence-electron chi connectivity index (χ2n) is 8.41. The third kappa shape index (κ3) is 7.02. The first-order valence-electron chi connectivity index (χ1n) is 11.3. The fourth-order valence-electron chi connectivity index (χ4n) is 4.24. The first-order valence-corrected chi connectivity index (χ1v) is 12.8. The molecule has 1 unspecified atom stereocenters. The summed E-state index contributed by atoms with van der Waals surface area (Å²) in [5.41, 5.74) is 1.33. The lowest BCUT2D eigenvalue weighted by Gasteiger charge is -2.33. The van der Waals surface area contributed by atoms with Gasteiger partial charge >= 0.3 is 0 Å². The smallest absolute Gasteiger partial charge is 0.243 e. The molecule has 33 heavy (non-hydrogen) atoms. The fourth-order valence-corrected chi connectivity index (χ4v) is 5.08. The average Bonchev–Trinajstić information content (AvgIpc) is 2.78. The Balaban J connectivity index is 1.87. The molecule has 0 aromatic heterocycles. The quantitative estimate of drug-likeness (QED) is 0.396. The molecule has 2 aromatic carbocycles. The molecule has 1 atom stereocenters. The van der Waals surface area contributed by atoms with Gasteiger partial charge in [0.05, 0.1) is 16.5 Å². The third-order valence-electron chi connectivity index (χ3n) is 6.07. The minimum absolute atomic E-state index is 0.0756. The van der Waals surface area contributed by atoms with Gasteiger partial charge in [0.1, 0.15) is 6.04 Å². The summed E-state index contributed by atoms with van der Waals surface area (Å²) in [7, 11) is 0. The summed E-state index contributed by atoms with van der Waals surface area (Å²) in [6.07, 6.45) is 5.89. The molecule has 1 aliphatic rings. The van der Waals surface area contributed by atoms with E-state index in [1.165, 1.54) is 6.42 Å². The van der Waals surface area contributed by atoms with Crippen LogP contribution in [0.2, 0.25) is 20.1 Å². The molecule has 8 heteroatoms. The van der Waals surface area contributed by atoms with E-state index in [0.717, 1.165) is 25.7 Å². The van der Waals surface area contributed by atoms with Crippen molar-refractivity contribution in [2.75, 3.05) is 0 Å². The number of amides is 2. The molecular formula is C25H28Cl4N2O2. The zero-order chi connectivity index (χ0) is 24.0. The topological polar surface area (TPSA) is 49.4 Å². The van der Waals surface area contributed by atoms with Crippen molar-refractivity contribution in [2.45, 2.75) is 70.5 Å². The van der Waals surface area contributed by atoms with E-state index in [2.05, 4.69) is 5.32 Å². The molecule has 0 heterocycles. The molecule has 1 N–H and O–H groups in total. The number of carbonyl (C=O) groups is 2. The molecule has 178 valence electrons. The van der Waals surface area contributed by atoms with E-state index in [9.17, 15) is 9.59 Å². The van der Waals surface area contributed by atoms with E-state index in [1.54, 1.807) is 41.3 Å². The summed E-state index contributed by atoms with van der Waals surface area (Å²) in [4.78, 5) is 28.4. The van der Waals surface area contributed by atoms with Crippen LogP contribution in [0.1, 0.15) is 56.6 Å². The van der Waals surface area contributed by atoms with E-state index >= 15 is 0 Å². The van der Waals surface area contributed by atoms with Gasteiger partial charge in [-0.2, -0.15) is 0 Å². The van der Waals surface area contributed by atoms with Crippen LogP contribution in [-0.2, 0) is 22.6 Å². The average molecular weight is 530 g/mol. The van der Waals surface area contributed by atoms with Crippen LogP contribution >= 0.6 is 46.4 Å². The van der Waals surface area contributed by atoms with Crippen molar-refractivity contribution in [3.63, 3.8) is 0 Å². The maximum atomic E-state index is 13.5. The van der Waals surface area contributed by atoms with Crippen LogP contribution in [0.15, 0.2) is 36.4 Å². The highest BCUT2D eigenvalue weighted by atomic mass is 35.5. The van der Waals surface area contributed by atoms with Crippen LogP contribution < -0.4 is 5.32 Å². The van der Waals surface area contributed by atoms with Crippen LogP contribution in [0.4, 0.5) is 0 Å². The number of nitrogens with zero attached hydrogens (tertiary/aromatic N) is 1. The van der Waals surface area contributed by atoms with Crippen LogP contribution in [-0.4, -0.2) is 28.8 Å². The van der Waals surface area contributed by atoms with Gasteiger partial charge in [-0.15, -0.1) is 0 Å². The highest BCUT2D eigenvalue weighted by Crippen LogP contribution is 2.28. The fraction of sp³-hybridized carbons (Fsp3) is 0.440. The monoisotopic (exact) mass is 528 g/mol. The van der Waals surface area contributed by atoms with Gasteiger partial charge < -0.3 is 10.2 Å². The van der Waals surface area contributed by atoms with Crippen molar-refractivity contribution in [3.05, 3.63) is 67.6 Å². The second-order valence-corrected chi connectivity index (χ2v) is 10.0. The number of hydrogen-bond acceptors (Lipinski definition) is 2. The van der Waals surface area contributed by atoms with Gasteiger partial charge in [0, 0.05) is 28.2 Å². The second kappa shape index (κ2) is 12.3. The summed E-state index contributed by atoms with van der Waals surface area (Å²) in [6, 6.07) is 9.81. The van der Waals surface area contributed by atoms with Gasteiger partial charge in [-0.05, 0) is 49.1 Å². The number of rotatable bonds is 8. The number of benzene rings is 2. The molecule has 1 aliphatic carbocycles. The van der Waals surface area contributed by atoms with Crippen molar-refractivity contribution >= 4 is 58.2 Å². The molecule has 0 bridgehead atoms. The Hall–Kier alpha value is -1.46. The molecule has 2 aromatic rings. The van der Waals surface area contributed by atoms with Gasteiger partial charge in [-0.3, -0.25) is 9.59 Å². The van der Waals surface area contributed by atoms with Gasteiger partial charge in [0.25, 0.3) is 0 Å². The Morgan fingerprint density at radius 1 is 0.970 bits per heavy atom. The molecule has 0 spiro atoms. The van der Waals surface area contributed by atoms with Crippen LogP contribution in [0, 0.1) is 0 Å². The van der Waals surface area contributed by atoms with Crippen molar-refractivity contribution in [1.29, 1.82) is 0 Å². The first kappa shape index (κ1) is 26.2. The van der Waals surface area contributed by atoms with Crippen LogP contribution in [0.3, 0.4) is 0 Å². The van der Waals surface area contributed by atoms with Gasteiger partial charge in [-0.1, -0.05) is 84.7 Å². The lowest BCUT2D eigenvalue weighted by molar-refractivity contribution is -0.141. The van der Waals surface area contributed by atoms with Crippen molar-refractivity contribution in [2.24, 2.45) is 0 Å². The molecule has 1 saturated carbocycles. The third-order valence-corrected chi connectivity index (χ3v) is 7.51. The lowest BCUT2D eigenvalue weighted by Crippen LogP contribution is -2.52. The lowest BCUT2D eigenvalue weighted by atomic mass is 9.95. The zero-order valence-corrected chi connectivity index (χ0v) is 21.6. The molecule has 2 amide bonds. The standard InChI is InChI=1S/C25H28Cl4N2O2/c1-2-23(25(33)30-17-7-4-3-5-8-17)31(15-18-19(26)9-6-10-20(18)27)24(32)14-16-11-12-21(28)22(29)13-16/h6,9-13,17,23H,2-5,7-8,14-15H2,1H3,(H,30,33). The Bertz CT molecular complexity index is 972. The number of carbonyl (C=O) groups excluding carboxylic acids is 2. The highest BCUT2D eigenvalue weighted by molar-refractivity contribution is 6.42. The van der Waals surface area contributed by atoms with Gasteiger partial charge in [0.2, 0.25) is 11.8 Å². The number of halogens is 4. The van der Waals surface area contributed by atoms with E-state index in [0.29, 0.717) is 37.6 Å². The molecular weight excluding hydrogens is 502 g/mol. The SMILES string of the molecule is CCC(C(=O)NC1CCCCC1)N(Cc1c(Cl)cccc1Cl)C(=O)Cc1ccc(Cl)c(Cl)c1. The summed E-state index contributed by atoms with van der Waals surface area (Å²) >= 11 is 25.0. The maximum Gasteiger partial charge on any atom is 0.243 e. The molecule has 0 aliphatic heterocycles. The molecule has 3 rings (SSSR count). The summed E-state index contributed by atoms with van der Waals surface area (Å²) in [5, 5.41) is 4.88. The Labute approximate surface area is 215 Å². The molecule has 0 saturated heterocycles. The molecule has 4 nitrogen and oxygen atoms in total. The van der Waals surface area contributed by atoms with E-state index in [4.69, 9.17) is 46.4 Å². The van der Waals surface area contributed by atoms with E-state index < -0.39 is 6.04 Å². The summed E-state index contributed by atoms with van der Waals surface area (Å²) in [5.74, 6) is -0.356. The minimum atomic E-state index is -0.644. The highest BCUT2D eigenvalue weighted by Gasteiger charge is 2.31. The molecule has 1 fully saturated rings. The van der Waals surface area contributed by atoms with E-state index in [1.807, 2.05) is 6.92 Å². The normalized spacial score (nSPS) is 15.2. The van der Waals surface area contributed by atoms with E-state index in [-0.39, 0.29) is 30.8 Å². The summed E-state index contributed by atoms with van der Waals surface area (Å²) < 4.78 is 0. The van der Waals surface area contributed by atoms with Crippen molar-refractivity contribution in [1.82, 2.24) is 10.2 Å². The van der Waals surface area contributed by atoms with Crippen LogP contribution in [0.5, 0.6) is 0 Å². The predicted molar refractivity (Wildman–Crippen MR) is 136 cm³/mol. The zero-order valence-electron chi connectivity index (χ0n) is 18.6. The first-order chi connectivity index (χ1) is 15.8. The van der Waals surface area contributed by atoms with Gasteiger partial charge in [0.15, 0.2) is 0 Å². The van der Waals surface area contributed by atoms with Crippen molar-refractivity contribution in [3.8, 4) is 0 Å². The molecule has 0 radical (unpaired) electrons. The van der Waals surface area contributed by atoms with Gasteiger partial charge in [-0.25, -0.2) is 0 Å². The predicted octanol–water partition coefficient (Wildman–Crippen LogP) is 7.10. The van der Waals surface area contributed by atoms with Crippen LogP contribution in [0.25, 0.3) is 0 Å². The Kier molecular flexibility index (Phi) is 9.75. The van der Waals surface area contributed by atoms with Crippen molar-refractivity contribution < 1.29 is 9.59 Å². The minimum Gasteiger partial charge on any atom is -0.352 e. The Morgan fingerprint density at radius 3 is 2.24 bits per heavy atom. The maximum absolute atomic E-state index is 13.5. The largest absolute Gasteiger partial charge is 0.352 e. The Morgan fingerprint density at radius 2 is 1.64 bits per heavy atom.